The summed E-state index contributed by atoms with van der Waals surface area (Å²) in [6.07, 6.45) is 0. The maximum absolute atomic E-state index is 13.3. The number of rotatable bonds is 8. The van der Waals surface area contributed by atoms with Crippen LogP contribution in [0.25, 0.3) is 0 Å². The molecule has 3 aromatic rings. The Labute approximate surface area is 189 Å². The van der Waals surface area contributed by atoms with Gasteiger partial charge in [-0.15, -0.1) is 0 Å². The number of benzene rings is 3. The fourth-order valence-corrected chi connectivity index (χ4v) is 4.66. The highest BCUT2D eigenvalue weighted by Crippen LogP contribution is 2.31. The van der Waals surface area contributed by atoms with Crippen LogP contribution >= 0.6 is 0 Å². The first kappa shape index (κ1) is 23.3. The second kappa shape index (κ2) is 9.87. The van der Waals surface area contributed by atoms with Crippen LogP contribution in [0.2, 0.25) is 0 Å². The minimum absolute atomic E-state index is 0.0396. The van der Waals surface area contributed by atoms with Crippen molar-refractivity contribution in [1.82, 2.24) is 5.32 Å². The number of aryl methyl sites for hydroxylation is 1. The number of ether oxygens (including phenoxy) is 1. The van der Waals surface area contributed by atoms with E-state index in [4.69, 9.17) is 4.74 Å². The van der Waals surface area contributed by atoms with E-state index in [2.05, 4.69) is 5.32 Å². The smallest absolute Gasteiger partial charge is 0.264 e. The molecule has 0 bridgehead atoms. The summed E-state index contributed by atoms with van der Waals surface area (Å²) in [6, 6.07) is 21.4. The van der Waals surface area contributed by atoms with Crippen molar-refractivity contribution in [2.24, 2.45) is 0 Å². The summed E-state index contributed by atoms with van der Waals surface area (Å²) in [4.78, 5) is 12.9. The zero-order valence-corrected chi connectivity index (χ0v) is 19.5. The summed E-state index contributed by atoms with van der Waals surface area (Å²) in [5.74, 6) is 0.268. The Morgan fingerprint density at radius 2 is 1.69 bits per heavy atom. The van der Waals surface area contributed by atoms with Crippen LogP contribution in [0.1, 0.15) is 34.3 Å². The molecule has 0 spiro atoms. The van der Waals surface area contributed by atoms with Gasteiger partial charge >= 0.3 is 0 Å². The molecule has 0 aliphatic carbocycles. The summed E-state index contributed by atoms with van der Waals surface area (Å²) in [7, 11) is -0.942. The van der Waals surface area contributed by atoms with Crippen molar-refractivity contribution < 1.29 is 17.9 Å². The van der Waals surface area contributed by atoms with E-state index in [9.17, 15) is 13.2 Å². The van der Waals surface area contributed by atoms with Gasteiger partial charge in [0.1, 0.15) is 5.75 Å². The molecular formula is C25H28N2O4S. The Balaban J connectivity index is 1.83. The number of para-hydroxylation sites is 2. The number of nitrogens with zero attached hydrogens (tertiary/aromatic N) is 1. The molecule has 0 radical (unpaired) electrons. The highest BCUT2D eigenvalue weighted by Gasteiger charge is 2.25. The van der Waals surface area contributed by atoms with Gasteiger partial charge in [-0.3, -0.25) is 9.10 Å². The minimum atomic E-state index is -3.90. The van der Waals surface area contributed by atoms with E-state index in [-0.39, 0.29) is 16.7 Å². The molecule has 7 heteroatoms. The predicted molar refractivity (Wildman–Crippen MR) is 127 cm³/mol. The number of hydrogen-bond acceptors (Lipinski definition) is 4. The molecule has 6 nitrogen and oxygen atoms in total. The maximum atomic E-state index is 13.3. The van der Waals surface area contributed by atoms with Crippen molar-refractivity contribution in [3.63, 3.8) is 0 Å². The fraction of sp³-hybridized carbons (Fsp3) is 0.240. The molecule has 3 aromatic carbocycles. The van der Waals surface area contributed by atoms with E-state index < -0.39 is 10.0 Å². The molecule has 0 aliphatic heterocycles. The van der Waals surface area contributed by atoms with Crippen molar-refractivity contribution in [2.75, 3.05) is 25.0 Å². The maximum Gasteiger partial charge on any atom is 0.264 e. The predicted octanol–water partition coefficient (Wildman–Crippen LogP) is 4.36. The van der Waals surface area contributed by atoms with Crippen LogP contribution in [-0.4, -0.2) is 35.0 Å². The number of sulfonamides is 1. The third-order valence-corrected chi connectivity index (χ3v) is 7.24. The number of methoxy groups -OCH3 is 1. The Bertz CT molecular complexity index is 1190. The number of nitrogens with one attached hydrogen (secondary N) is 1. The van der Waals surface area contributed by atoms with E-state index in [0.717, 1.165) is 9.87 Å². The summed E-state index contributed by atoms with van der Waals surface area (Å²) in [5.41, 5.74) is 2.58. The van der Waals surface area contributed by atoms with Gasteiger partial charge in [0.25, 0.3) is 15.9 Å². The molecule has 0 heterocycles. The lowest BCUT2D eigenvalue weighted by molar-refractivity contribution is 0.0951. The highest BCUT2D eigenvalue weighted by atomic mass is 32.2. The largest absolute Gasteiger partial charge is 0.495 e. The van der Waals surface area contributed by atoms with Crippen molar-refractivity contribution in [2.45, 2.75) is 24.7 Å². The number of carbonyl (C=O) groups excluding carboxylic acids is 1. The van der Waals surface area contributed by atoms with E-state index >= 15 is 0 Å². The third-order valence-electron chi connectivity index (χ3n) is 5.47. The molecule has 168 valence electrons. The van der Waals surface area contributed by atoms with Gasteiger partial charge in [0.15, 0.2) is 0 Å². The highest BCUT2D eigenvalue weighted by molar-refractivity contribution is 7.92. The fourth-order valence-electron chi connectivity index (χ4n) is 3.42. The molecule has 1 atom stereocenters. The molecular weight excluding hydrogens is 424 g/mol. The van der Waals surface area contributed by atoms with Crippen LogP contribution in [0.5, 0.6) is 5.75 Å². The zero-order chi connectivity index (χ0) is 23.3. The molecule has 3 rings (SSSR count). The van der Waals surface area contributed by atoms with Crippen LogP contribution in [0.15, 0.2) is 77.7 Å². The third kappa shape index (κ3) is 4.94. The molecule has 1 unspecified atom stereocenters. The van der Waals surface area contributed by atoms with Gasteiger partial charge < -0.3 is 10.1 Å². The Morgan fingerprint density at radius 1 is 1.03 bits per heavy atom. The number of amides is 1. The second-order valence-electron chi connectivity index (χ2n) is 7.64. The van der Waals surface area contributed by atoms with Crippen LogP contribution in [0, 0.1) is 6.92 Å². The van der Waals surface area contributed by atoms with Gasteiger partial charge in [0.2, 0.25) is 0 Å². The van der Waals surface area contributed by atoms with E-state index in [0.29, 0.717) is 29.1 Å². The first-order valence-corrected chi connectivity index (χ1v) is 11.8. The molecule has 0 aromatic heterocycles. The summed E-state index contributed by atoms with van der Waals surface area (Å²) >= 11 is 0. The van der Waals surface area contributed by atoms with Crippen LogP contribution in [0.4, 0.5) is 5.69 Å². The van der Waals surface area contributed by atoms with Crippen molar-refractivity contribution >= 4 is 21.6 Å². The summed E-state index contributed by atoms with van der Waals surface area (Å²) in [5, 5.41) is 2.93. The standard InChI is InChI=1S/C25H28N2O4S/c1-18-14-15-21(32(29,30)27(3)23-12-8-9-13-24(23)31-4)16-22(18)25(28)26-17-19(2)20-10-6-5-7-11-20/h5-16,19H,17H2,1-4H3,(H,26,28). The lowest BCUT2D eigenvalue weighted by atomic mass is 10.0. The first-order valence-electron chi connectivity index (χ1n) is 10.3. The summed E-state index contributed by atoms with van der Waals surface area (Å²) < 4.78 is 33.0. The Kier molecular flexibility index (Phi) is 7.20. The van der Waals surface area contributed by atoms with Gasteiger partial charge in [0, 0.05) is 19.2 Å². The molecule has 1 amide bonds. The minimum Gasteiger partial charge on any atom is -0.495 e. The molecule has 0 saturated heterocycles. The van der Waals surface area contributed by atoms with Gasteiger partial charge in [-0.05, 0) is 48.2 Å². The lowest BCUT2D eigenvalue weighted by Gasteiger charge is -2.22. The second-order valence-corrected chi connectivity index (χ2v) is 9.61. The zero-order valence-electron chi connectivity index (χ0n) is 18.7. The number of anilines is 1. The summed E-state index contributed by atoms with van der Waals surface area (Å²) in [6.45, 7) is 4.27. The van der Waals surface area contributed by atoms with Gasteiger partial charge in [-0.25, -0.2) is 8.42 Å². The molecule has 0 aliphatic rings. The van der Waals surface area contributed by atoms with Crippen LogP contribution < -0.4 is 14.4 Å². The SMILES string of the molecule is COc1ccccc1N(C)S(=O)(=O)c1ccc(C)c(C(=O)NCC(C)c2ccccc2)c1. The van der Waals surface area contributed by atoms with E-state index in [1.807, 2.05) is 37.3 Å². The monoisotopic (exact) mass is 452 g/mol. The normalized spacial score (nSPS) is 12.1. The number of hydrogen-bond donors (Lipinski definition) is 1. The van der Waals surface area contributed by atoms with Crippen molar-refractivity contribution in [3.8, 4) is 5.75 Å². The Hall–Kier alpha value is -3.32. The first-order chi connectivity index (χ1) is 15.3. The van der Waals surface area contributed by atoms with Crippen molar-refractivity contribution in [3.05, 3.63) is 89.5 Å². The average molecular weight is 453 g/mol. The van der Waals surface area contributed by atoms with Crippen LogP contribution in [-0.2, 0) is 10.0 Å². The van der Waals surface area contributed by atoms with E-state index in [1.165, 1.54) is 26.3 Å². The Morgan fingerprint density at radius 3 is 2.38 bits per heavy atom. The quantitative estimate of drug-likeness (QED) is 0.551. The number of carbonyl (C=O) groups is 1. The van der Waals surface area contributed by atoms with Gasteiger partial charge in [0.05, 0.1) is 17.7 Å². The van der Waals surface area contributed by atoms with Crippen molar-refractivity contribution in [1.29, 1.82) is 0 Å². The molecule has 0 saturated carbocycles. The molecule has 0 fully saturated rings. The lowest BCUT2D eigenvalue weighted by Crippen LogP contribution is -2.29. The average Bonchev–Trinajstić information content (AvgIpc) is 2.82. The molecule has 32 heavy (non-hydrogen) atoms. The van der Waals surface area contributed by atoms with Crippen LogP contribution in [0.3, 0.4) is 0 Å². The van der Waals surface area contributed by atoms with Gasteiger partial charge in [-0.1, -0.05) is 55.5 Å². The van der Waals surface area contributed by atoms with E-state index in [1.54, 1.807) is 37.3 Å². The topological polar surface area (TPSA) is 75.7 Å². The molecule has 1 N–H and O–H groups in total. The van der Waals surface area contributed by atoms with Gasteiger partial charge in [-0.2, -0.15) is 0 Å².